The molecule has 14 aromatic rings. The predicted octanol–water partition coefficient (Wildman–Crippen LogP) is 25.2. The molecule has 18 rings (SSSR count). The SMILES string of the molecule is CC1CC2CC(C)N(c3ccc4c(c3)N(c3c(-c5ccccc5)cc(-c5ccccc5)cc3-c3ccccc3)c3cc(C(C)(C)C)cc5c3B4c3ccc(-n4c6ccc(C(C)(C)C)cc6c6cc(C(C)(C)C)ccc64)cc3N5c3c(-c4ccccc4)cc(-c4ccccc4)cc3-c3ccccc3)C(C1)C2. The molecular weight excluding hydrogens is 1270 g/mol. The average molecular weight is 1360 g/mol. The van der Waals surface area contributed by atoms with Crippen LogP contribution < -0.4 is 31.1 Å². The van der Waals surface area contributed by atoms with E-state index in [0.29, 0.717) is 18.0 Å². The smallest absolute Gasteiger partial charge is 0.252 e. The summed E-state index contributed by atoms with van der Waals surface area (Å²) in [5, 5.41) is 2.55. The summed E-state index contributed by atoms with van der Waals surface area (Å²) in [5.74, 6) is 1.43. The summed E-state index contributed by atoms with van der Waals surface area (Å²) >= 11 is 0. The number of hydrogen-bond acceptors (Lipinski definition) is 3. The van der Waals surface area contributed by atoms with E-state index in [4.69, 9.17) is 0 Å². The molecule has 4 aliphatic rings. The van der Waals surface area contributed by atoms with Gasteiger partial charge in [-0.2, -0.15) is 0 Å². The fraction of sp³-hybridized carbons (Fsp3) is 0.220. The second-order valence-corrected chi connectivity index (χ2v) is 33.9. The first-order valence-electron chi connectivity index (χ1n) is 38.4. The lowest BCUT2D eigenvalue weighted by Crippen LogP contribution is -2.61. The molecule has 1 aliphatic carbocycles. The lowest BCUT2D eigenvalue weighted by Gasteiger charge is -2.51. The van der Waals surface area contributed by atoms with Crippen LogP contribution in [0.5, 0.6) is 0 Å². The number of rotatable bonds is 10. The predicted molar refractivity (Wildman–Crippen MR) is 450 cm³/mol. The molecule has 0 N–H and O–H groups in total. The van der Waals surface area contributed by atoms with Crippen LogP contribution in [0, 0.1) is 11.8 Å². The Kier molecular flexibility index (Phi) is 16.0. The Labute approximate surface area is 622 Å². The summed E-state index contributed by atoms with van der Waals surface area (Å²) < 4.78 is 2.58. The average Bonchev–Trinajstić information content (AvgIpc) is 0.932. The number of nitrogens with zero attached hydrogens (tertiary/aromatic N) is 4. The summed E-state index contributed by atoms with van der Waals surface area (Å²) in [7, 11) is 0. The fourth-order valence-corrected chi connectivity index (χ4v) is 18.7. The van der Waals surface area contributed by atoms with Gasteiger partial charge in [-0.05, 0) is 223 Å². The zero-order valence-electron chi connectivity index (χ0n) is 62.7. The zero-order chi connectivity index (χ0) is 71.8. The Morgan fingerprint density at radius 1 is 0.314 bits per heavy atom. The van der Waals surface area contributed by atoms with Crippen molar-refractivity contribution in [2.75, 3.05) is 14.7 Å². The third kappa shape index (κ3) is 11.5. The highest BCUT2D eigenvalue weighted by molar-refractivity contribution is 7.00. The van der Waals surface area contributed by atoms with E-state index in [9.17, 15) is 0 Å². The normalized spacial score (nSPS) is 17.1. The molecule has 4 heterocycles. The highest BCUT2D eigenvalue weighted by Crippen LogP contribution is 2.56. The summed E-state index contributed by atoms with van der Waals surface area (Å²) in [5.41, 5.74) is 33.2. The standard InChI is InChI=1S/C100H93BN4/c1-64-50-66-52-65(2)102(80(51-64)53-66)78-44-46-87-91(62-78)104(96-81(69-34-22-14-23-35-69)54-73(67-30-18-12-19-31-67)55-82(96)70-36-24-15-25-37-70)93-60-77(100(9,10)11)61-94-95(93)101(87)88-47-45-79(103-89-48-42-75(98(3,4)5)58-85(89)86-59-76(99(6,7)8)43-49-90(86)103)63-92(88)105(94)97-83(71-38-26-16-27-39-71)56-74(68-32-20-13-21-33-68)57-84(97)72-40-28-17-29-41-72/h12-49,54-66,80H,50-53H2,1-11H3. The third-order valence-corrected chi connectivity index (χ3v) is 23.7. The van der Waals surface area contributed by atoms with Gasteiger partial charge in [-0.25, -0.2) is 0 Å². The van der Waals surface area contributed by atoms with Gasteiger partial charge in [0, 0.05) is 79.2 Å². The maximum absolute atomic E-state index is 2.87. The van der Waals surface area contributed by atoms with E-state index in [1.54, 1.807) is 0 Å². The van der Waals surface area contributed by atoms with Crippen molar-refractivity contribution in [3.8, 4) is 72.4 Å². The minimum atomic E-state index is -0.315. The fourth-order valence-electron chi connectivity index (χ4n) is 18.7. The molecule has 0 radical (unpaired) electrons. The van der Waals surface area contributed by atoms with Crippen molar-refractivity contribution >= 4 is 84.7 Å². The first kappa shape index (κ1) is 66.1. The van der Waals surface area contributed by atoms with E-state index >= 15 is 0 Å². The van der Waals surface area contributed by atoms with Crippen LogP contribution in [0.4, 0.5) is 39.8 Å². The minimum Gasteiger partial charge on any atom is -0.366 e. The van der Waals surface area contributed by atoms with Gasteiger partial charge in [0.25, 0.3) is 6.71 Å². The molecule has 1 saturated heterocycles. The van der Waals surface area contributed by atoms with Crippen LogP contribution in [0.2, 0.25) is 0 Å². The van der Waals surface area contributed by atoms with Gasteiger partial charge in [0.05, 0.1) is 22.4 Å². The molecular formula is C100H93BN4. The lowest BCUT2D eigenvalue weighted by molar-refractivity contribution is 0.179. The van der Waals surface area contributed by atoms with E-state index in [1.807, 2.05) is 0 Å². The summed E-state index contributed by atoms with van der Waals surface area (Å²) in [6.07, 6.45) is 4.98. The molecule has 4 nitrogen and oxygen atoms in total. The highest BCUT2D eigenvalue weighted by atomic mass is 15.2. The second-order valence-electron chi connectivity index (χ2n) is 33.9. The molecule has 0 spiro atoms. The summed E-state index contributed by atoms with van der Waals surface area (Å²) in [6.45, 7) is 26.1. The van der Waals surface area contributed by atoms with Crippen LogP contribution in [0.3, 0.4) is 0 Å². The first-order chi connectivity index (χ1) is 50.8. The van der Waals surface area contributed by atoms with Crippen molar-refractivity contribution in [2.24, 2.45) is 11.8 Å². The van der Waals surface area contributed by atoms with Crippen molar-refractivity contribution < 1.29 is 0 Å². The number of anilines is 7. The largest absolute Gasteiger partial charge is 0.366 e. The monoisotopic (exact) mass is 1360 g/mol. The van der Waals surface area contributed by atoms with Crippen LogP contribution in [-0.4, -0.2) is 23.4 Å². The molecule has 4 unspecified atom stereocenters. The summed E-state index contributed by atoms with van der Waals surface area (Å²) in [6, 6.07) is 113. The Morgan fingerprint density at radius 2 is 0.686 bits per heavy atom. The maximum Gasteiger partial charge on any atom is 0.252 e. The molecule has 1 saturated carbocycles. The van der Waals surface area contributed by atoms with Crippen molar-refractivity contribution in [3.05, 3.63) is 308 Å². The van der Waals surface area contributed by atoms with Crippen molar-refractivity contribution in [1.29, 1.82) is 0 Å². The van der Waals surface area contributed by atoms with Crippen molar-refractivity contribution in [2.45, 2.75) is 130 Å². The van der Waals surface area contributed by atoms with Crippen LogP contribution in [0.25, 0.3) is 94.3 Å². The van der Waals surface area contributed by atoms with Gasteiger partial charge >= 0.3 is 0 Å². The molecule has 2 bridgehead atoms. The zero-order valence-corrected chi connectivity index (χ0v) is 62.7. The van der Waals surface area contributed by atoms with Crippen LogP contribution in [0.1, 0.15) is 119 Å². The lowest BCUT2D eigenvalue weighted by atomic mass is 9.33. The Morgan fingerprint density at radius 3 is 1.08 bits per heavy atom. The molecule has 2 fully saturated rings. The molecule has 4 atom stereocenters. The van der Waals surface area contributed by atoms with E-state index in [2.05, 4.69) is 387 Å². The highest BCUT2D eigenvalue weighted by Gasteiger charge is 2.47. The Hall–Kier alpha value is -10.9. The van der Waals surface area contributed by atoms with Gasteiger partial charge in [-0.1, -0.05) is 275 Å². The van der Waals surface area contributed by atoms with E-state index in [1.165, 1.54) is 154 Å². The van der Waals surface area contributed by atoms with Crippen molar-refractivity contribution in [1.82, 2.24) is 4.57 Å². The molecule has 3 aliphatic heterocycles. The van der Waals surface area contributed by atoms with Gasteiger partial charge in [0.15, 0.2) is 0 Å². The van der Waals surface area contributed by atoms with Gasteiger partial charge in [-0.3, -0.25) is 0 Å². The van der Waals surface area contributed by atoms with Gasteiger partial charge < -0.3 is 19.3 Å². The number of aromatic nitrogens is 1. The molecule has 1 aromatic heterocycles. The van der Waals surface area contributed by atoms with E-state index in [0.717, 1.165) is 45.2 Å². The molecule has 516 valence electrons. The number of fused-ring (bicyclic) bond motifs is 9. The second kappa shape index (κ2) is 25.5. The van der Waals surface area contributed by atoms with Gasteiger partial charge in [0.1, 0.15) is 0 Å². The Bertz CT molecular complexity index is 5470. The van der Waals surface area contributed by atoms with E-state index < -0.39 is 0 Å². The third-order valence-electron chi connectivity index (χ3n) is 23.7. The van der Waals surface area contributed by atoms with Gasteiger partial charge in [-0.15, -0.1) is 0 Å². The van der Waals surface area contributed by atoms with Crippen LogP contribution >= 0.6 is 0 Å². The first-order valence-corrected chi connectivity index (χ1v) is 38.4. The topological polar surface area (TPSA) is 14.7 Å². The number of piperidine rings is 1. The van der Waals surface area contributed by atoms with Crippen LogP contribution in [0.15, 0.2) is 291 Å². The number of benzene rings is 13. The number of hydrogen-bond donors (Lipinski definition) is 0. The van der Waals surface area contributed by atoms with Gasteiger partial charge in [0.2, 0.25) is 0 Å². The van der Waals surface area contributed by atoms with E-state index in [-0.39, 0.29) is 23.0 Å². The molecule has 13 aromatic carbocycles. The maximum atomic E-state index is 2.87. The minimum absolute atomic E-state index is 0.0499. The molecule has 5 heteroatoms. The molecule has 0 amide bonds. The van der Waals surface area contributed by atoms with Crippen molar-refractivity contribution in [3.63, 3.8) is 0 Å². The molecule has 105 heavy (non-hydrogen) atoms. The quantitative estimate of drug-likeness (QED) is 0.127. The summed E-state index contributed by atoms with van der Waals surface area (Å²) in [4.78, 5) is 8.41. The Balaban J connectivity index is 1.01. The van der Waals surface area contributed by atoms with Crippen LogP contribution in [-0.2, 0) is 16.2 Å².